The third-order valence-electron chi connectivity index (χ3n) is 4.21. The van der Waals surface area contributed by atoms with Gasteiger partial charge in [0.25, 0.3) is 15.9 Å². The number of sulfonamides is 1. The summed E-state index contributed by atoms with van der Waals surface area (Å²) in [7, 11) is -1.97. The normalized spacial score (nSPS) is 13.5. The first-order chi connectivity index (χ1) is 11.5. The lowest BCUT2D eigenvalue weighted by Crippen LogP contribution is -2.20. The number of amides is 1. The third kappa shape index (κ3) is 2.07. The Labute approximate surface area is 139 Å². The van der Waals surface area contributed by atoms with Gasteiger partial charge in [0.15, 0.2) is 0 Å². The number of carbonyl (C=O) groups excluding carboxylic acids is 1. The fourth-order valence-corrected chi connectivity index (χ4v) is 4.13. The summed E-state index contributed by atoms with van der Waals surface area (Å²) < 4.78 is 27.8. The zero-order valence-corrected chi connectivity index (χ0v) is 13.7. The van der Waals surface area contributed by atoms with Gasteiger partial charge in [-0.3, -0.25) is 9.52 Å². The number of hydrogen-bond acceptors (Lipinski definition) is 3. The molecule has 4 rings (SSSR count). The second-order valence-corrected chi connectivity index (χ2v) is 7.33. The van der Waals surface area contributed by atoms with Crippen LogP contribution in [-0.4, -0.2) is 21.4 Å². The van der Waals surface area contributed by atoms with Gasteiger partial charge in [0.05, 0.1) is 16.3 Å². The number of carbonyl (C=O) groups is 1. The summed E-state index contributed by atoms with van der Waals surface area (Å²) in [6, 6.07) is 17.0. The lowest BCUT2D eigenvalue weighted by molar-refractivity contribution is 0.0999. The van der Waals surface area contributed by atoms with Crippen LogP contribution < -0.4 is 9.62 Å². The van der Waals surface area contributed by atoms with Gasteiger partial charge in [0.1, 0.15) is 0 Å². The Balaban J connectivity index is 1.87. The van der Waals surface area contributed by atoms with Gasteiger partial charge in [-0.05, 0) is 30.3 Å². The van der Waals surface area contributed by atoms with E-state index in [0.717, 1.165) is 11.1 Å². The molecule has 1 heterocycles. The molecule has 5 nitrogen and oxygen atoms in total. The Bertz CT molecular complexity index is 1080. The van der Waals surface area contributed by atoms with Crippen molar-refractivity contribution in [3.63, 3.8) is 0 Å². The molecule has 1 N–H and O–H groups in total. The summed E-state index contributed by atoms with van der Waals surface area (Å²) in [6.07, 6.45) is 0. The summed E-state index contributed by atoms with van der Waals surface area (Å²) in [4.78, 5) is 14.1. The molecule has 0 saturated heterocycles. The van der Waals surface area contributed by atoms with Gasteiger partial charge in [-0.15, -0.1) is 0 Å². The molecule has 0 saturated carbocycles. The SMILES string of the molecule is CN1C(=O)c2cccc3c(NS(=O)(=O)c4ccccc4)ccc1c23. The fourth-order valence-electron chi connectivity index (χ4n) is 3.03. The molecule has 0 aromatic heterocycles. The highest BCUT2D eigenvalue weighted by atomic mass is 32.2. The van der Waals surface area contributed by atoms with Crippen molar-refractivity contribution in [1.82, 2.24) is 0 Å². The van der Waals surface area contributed by atoms with Crippen molar-refractivity contribution < 1.29 is 13.2 Å². The Morgan fingerprint density at radius 2 is 1.67 bits per heavy atom. The lowest BCUT2D eigenvalue weighted by Gasteiger charge is -2.13. The number of rotatable bonds is 3. The van der Waals surface area contributed by atoms with E-state index in [0.29, 0.717) is 16.6 Å². The van der Waals surface area contributed by atoms with Gasteiger partial charge in [0, 0.05) is 23.4 Å². The first-order valence-electron chi connectivity index (χ1n) is 7.41. The maximum absolute atomic E-state index is 12.6. The van der Waals surface area contributed by atoms with Crippen LogP contribution in [0.5, 0.6) is 0 Å². The van der Waals surface area contributed by atoms with E-state index in [1.54, 1.807) is 66.5 Å². The van der Waals surface area contributed by atoms with E-state index in [-0.39, 0.29) is 10.8 Å². The number of nitrogens with one attached hydrogen (secondary N) is 1. The van der Waals surface area contributed by atoms with E-state index in [9.17, 15) is 13.2 Å². The number of anilines is 2. The minimum atomic E-state index is -3.69. The first kappa shape index (κ1) is 14.7. The average Bonchev–Trinajstić information content (AvgIpc) is 2.84. The van der Waals surface area contributed by atoms with Crippen LogP contribution >= 0.6 is 0 Å². The van der Waals surface area contributed by atoms with Crippen LogP contribution in [0.25, 0.3) is 10.8 Å². The quantitative estimate of drug-likeness (QED) is 0.797. The van der Waals surface area contributed by atoms with Crippen LogP contribution in [0.4, 0.5) is 11.4 Å². The van der Waals surface area contributed by atoms with Crippen molar-refractivity contribution in [2.75, 3.05) is 16.7 Å². The van der Waals surface area contributed by atoms with Crippen molar-refractivity contribution in [2.24, 2.45) is 0 Å². The van der Waals surface area contributed by atoms with Crippen molar-refractivity contribution in [1.29, 1.82) is 0 Å². The molecule has 1 aliphatic rings. The zero-order valence-electron chi connectivity index (χ0n) is 12.9. The van der Waals surface area contributed by atoms with Crippen molar-refractivity contribution in [2.45, 2.75) is 4.90 Å². The third-order valence-corrected chi connectivity index (χ3v) is 5.59. The second-order valence-electron chi connectivity index (χ2n) is 5.64. The molecule has 6 heteroatoms. The van der Waals surface area contributed by atoms with Crippen LogP contribution in [0.1, 0.15) is 10.4 Å². The highest BCUT2D eigenvalue weighted by molar-refractivity contribution is 7.92. The minimum Gasteiger partial charge on any atom is -0.311 e. The molecule has 0 radical (unpaired) electrons. The maximum atomic E-state index is 12.6. The van der Waals surface area contributed by atoms with Gasteiger partial charge in [-0.1, -0.05) is 30.3 Å². The Hall–Kier alpha value is -2.86. The van der Waals surface area contributed by atoms with E-state index in [1.807, 2.05) is 6.07 Å². The van der Waals surface area contributed by atoms with Gasteiger partial charge in [0.2, 0.25) is 0 Å². The maximum Gasteiger partial charge on any atom is 0.261 e. The van der Waals surface area contributed by atoms with E-state index < -0.39 is 10.0 Å². The average molecular weight is 338 g/mol. The molecule has 0 bridgehead atoms. The van der Waals surface area contributed by atoms with E-state index in [1.165, 1.54) is 0 Å². The van der Waals surface area contributed by atoms with E-state index >= 15 is 0 Å². The molecular weight excluding hydrogens is 324 g/mol. The van der Waals surface area contributed by atoms with Gasteiger partial charge >= 0.3 is 0 Å². The van der Waals surface area contributed by atoms with E-state index in [4.69, 9.17) is 0 Å². The van der Waals surface area contributed by atoms with Crippen LogP contribution in [0, 0.1) is 0 Å². The highest BCUT2D eigenvalue weighted by Crippen LogP contribution is 2.40. The van der Waals surface area contributed by atoms with Crippen LogP contribution in [0.3, 0.4) is 0 Å². The monoisotopic (exact) mass is 338 g/mol. The number of hydrogen-bond donors (Lipinski definition) is 1. The summed E-state index contributed by atoms with van der Waals surface area (Å²) in [6.45, 7) is 0. The summed E-state index contributed by atoms with van der Waals surface area (Å²) in [5.74, 6) is -0.0846. The molecule has 1 aliphatic heterocycles. The smallest absolute Gasteiger partial charge is 0.261 e. The molecule has 3 aromatic rings. The van der Waals surface area contributed by atoms with Gasteiger partial charge < -0.3 is 4.90 Å². The van der Waals surface area contributed by atoms with Crippen molar-refractivity contribution >= 4 is 38.1 Å². The van der Waals surface area contributed by atoms with Gasteiger partial charge in [-0.2, -0.15) is 0 Å². The molecule has 120 valence electrons. The Kier molecular flexibility index (Phi) is 3.11. The van der Waals surface area contributed by atoms with E-state index in [2.05, 4.69) is 4.72 Å². The highest BCUT2D eigenvalue weighted by Gasteiger charge is 2.28. The first-order valence-corrected chi connectivity index (χ1v) is 8.89. The van der Waals surface area contributed by atoms with Crippen molar-refractivity contribution in [3.05, 3.63) is 66.2 Å². The number of benzene rings is 3. The predicted octanol–water partition coefficient (Wildman–Crippen LogP) is 3.23. The molecule has 0 spiro atoms. The largest absolute Gasteiger partial charge is 0.311 e. The Morgan fingerprint density at radius 1 is 0.917 bits per heavy atom. The van der Waals surface area contributed by atoms with Crippen LogP contribution in [0.2, 0.25) is 0 Å². The van der Waals surface area contributed by atoms with Crippen molar-refractivity contribution in [3.8, 4) is 0 Å². The molecule has 0 fully saturated rings. The minimum absolute atomic E-state index is 0.0846. The number of nitrogens with zero attached hydrogens (tertiary/aromatic N) is 1. The zero-order chi connectivity index (χ0) is 16.9. The second kappa shape index (κ2) is 5.07. The molecule has 3 aromatic carbocycles. The standard InChI is InChI=1S/C18H14N2O3S/c1-20-16-11-10-15(13-8-5-9-14(17(13)16)18(20)21)19-24(22,23)12-6-3-2-4-7-12/h2-11,19H,1H3. The van der Waals surface area contributed by atoms with Crippen LogP contribution in [-0.2, 0) is 10.0 Å². The topological polar surface area (TPSA) is 66.5 Å². The van der Waals surface area contributed by atoms with Crippen LogP contribution in [0.15, 0.2) is 65.6 Å². The summed E-state index contributed by atoms with van der Waals surface area (Å²) in [5.41, 5.74) is 1.83. The molecule has 0 atom stereocenters. The van der Waals surface area contributed by atoms with Gasteiger partial charge in [-0.25, -0.2) is 8.42 Å². The molecule has 1 amide bonds. The summed E-state index contributed by atoms with van der Waals surface area (Å²) in [5, 5.41) is 1.49. The summed E-state index contributed by atoms with van der Waals surface area (Å²) >= 11 is 0. The molecule has 0 aliphatic carbocycles. The Morgan fingerprint density at radius 3 is 2.42 bits per heavy atom. The molecule has 24 heavy (non-hydrogen) atoms. The fraction of sp³-hybridized carbons (Fsp3) is 0.0556. The predicted molar refractivity (Wildman–Crippen MR) is 93.9 cm³/mol. The molecule has 0 unspecified atom stereocenters. The lowest BCUT2D eigenvalue weighted by atomic mass is 10.0. The molecular formula is C18H14N2O3S.